The van der Waals surface area contributed by atoms with Crippen LogP contribution in [0, 0.1) is 0 Å². The molecule has 4 aliphatic heterocycles. The zero-order valence-corrected chi connectivity index (χ0v) is 35.3. The highest BCUT2D eigenvalue weighted by molar-refractivity contribution is 8.15. The Hall–Kier alpha value is 2.64. The molecule has 48 heavy (non-hydrogen) atoms. The molecule has 4 heterocycles. The van der Waals surface area contributed by atoms with Crippen LogP contribution in [0.1, 0.15) is 0 Å². The van der Waals surface area contributed by atoms with E-state index in [1.54, 1.807) is 0 Å². The van der Waals surface area contributed by atoms with Gasteiger partial charge in [-0.2, -0.15) is 27.1 Å². The average Bonchev–Trinajstić information content (AvgIpc) is 2.97. The summed E-state index contributed by atoms with van der Waals surface area (Å²) < 4.78 is 84.1. The quantitative estimate of drug-likeness (QED) is 0.197. The van der Waals surface area contributed by atoms with Gasteiger partial charge in [0.25, 0.3) is 27.0 Å². The van der Waals surface area contributed by atoms with Gasteiger partial charge in [-0.3, -0.25) is 0 Å². The van der Waals surface area contributed by atoms with Gasteiger partial charge in [0.2, 0.25) is 0 Å². The summed E-state index contributed by atoms with van der Waals surface area (Å²) in [5, 5.41) is 6.44. The Morgan fingerprint density at radius 2 is 0.625 bits per heavy atom. The molecule has 0 aromatic rings. The minimum atomic E-state index is -3.41. The molecule has 4 aliphatic rings. The van der Waals surface area contributed by atoms with Crippen molar-refractivity contribution < 1.29 is 46.5 Å². The van der Waals surface area contributed by atoms with Crippen LogP contribution in [0.4, 0.5) is 0 Å². The molecule has 0 aromatic heterocycles. The molecular formula is C18H38Cl6N8O10P6. The Morgan fingerprint density at radius 1 is 0.354 bits per heavy atom. The number of fused-ring (bicyclic) bond motifs is 2. The van der Waals surface area contributed by atoms with Crippen LogP contribution in [0.25, 0.3) is 0 Å². The van der Waals surface area contributed by atoms with Crippen molar-refractivity contribution in [1.82, 2.24) is 10.2 Å². The maximum atomic E-state index is 6.79. The summed E-state index contributed by atoms with van der Waals surface area (Å²) in [4.78, 5) is 0. The number of nitrogens with zero attached hydrogens (tertiary/aromatic N) is 6. The summed E-state index contributed by atoms with van der Waals surface area (Å²) in [6, 6.07) is 0. The molecule has 0 aromatic carbocycles. The fourth-order valence-electron chi connectivity index (χ4n) is 3.75. The molecule has 0 saturated carbocycles. The van der Waals surface area contributed by atoms with E-state index in [0.29, 0.717) is 52.9 Å². The summed E-state index contributed by atoms with van der Waals surface area (Å²) in [6.07, 6.45) is 0. The van der Waals surface area contributed by atoms with E-state index in [2.05, 4.69) is 37.3 Å². The Morgan fingerprint density at radius 3 is 0.938 bits per heavy atom. The molecule has 0 aliphatic carbocycles. The molecule has 4 atom stereocenters. The second kappa shape index (κ2) is 21.1. The molecule has 4 unspecified atom stereocenters. The Balaban J connectivity index is 1.54. The van der Waals surface area contributed by atoms with Crippen LogP contribution in [0.5, 0.6) is 0 Å². The van der Waals surface area contributed by atoms with Gasteiger partial charge in [-0.25, -0.2) is 10.2 Å². The van der Waals surface area contributed by atoms with E-state index in [1.807, 2.05) is 0 Å². The van der Waals surface area contributed by atoms with Gasteiger partial charge in [-0.15, -0.1) is 0 Å². The van der Waals surface area contributed by atoms with E-state index in [4.69, 9.17) is 114 Å². The monoisotopic (exact) mass is 922 g/mol. The third-order valence-corrected chi connectivity index (χ3v) is 27.7. The fourth-order valence-corrected chi connectivity index (χ4v) is 30.0. The van der Waals surface area contributed by atoms with E-state index >= 15 is 0 Å². The van der Waals surface area contributed by atoms with E-state index in [-0.39, 0.29) is 65.9 Å². The number of hydrogen-bond donors (Lipinski definition) is 2. The molecule has 2 N–H and O–H groups in total. The van der Waals surface area contributed by atoms with Crippen molar-refractivity contribution in [2.75, 3.05) is 119 Å². The normalized spacial score (nSPS) is 36.4. The molecule has 0 radical (unpaired) electrons. The van der Waals surface area contributed by atoms with Crippen molar-refractivity contribution in [3.8, 4) is 0 Å². The number of nitrogens with one attached hydrogen (secondary N) is 2. The average molecular weight is 925 g/mol. The molecule has 4 bridgehead atoms. The lowest BCUT2D eigenvalue weighted by atomic mass is 10.7. The summed E-state index contributed by atoms with van der Waals surface area (Å²) in [5.41, 5.74) is 0. The zero-order chi connectivity index (χ0) is 34.5. The standard InChI is InChI=1S/C18H38Cl6N8O10P6/c19-43(20)27-45(23)31-47(29-43,41-17-13-37-9-5-33-3-7-35-11-15-39-45)25-1-2-26-48-30-44(21,22)28-46(24,32-48)40-16-12-36-8-4-34-6-10-38-14-18-42-48/h25-26H,1-18H2. The third-order valence-electron chi connectivity index (χ3n) is 5.57. The lowest BCUT2D eigenvalue weighted by Gasteiger charge is -2.30. The molecule has 30 heteroatoms. The molecule has 4 rings (SSSR count). The third kappa shape index (κ3) is 15.8. The zero-order valence-electron chi connectivity index (χ0n) is 25.4. The van der Waals surface area contributed by atoms with Gasteiger partial charge in [-0.1, -0.05) is 0 Å². The predicted octanol–water partition coefficient (Wildman–Crippen LogP) is 9.50. The van der Waals surface area contributed by atoms with Crippen LogP contribution in [-0.2, 0) is 46.5 Å². The highest BCUT2D eigenvalue weighted by Crippen LogP contribution is 2.84. The van der Waals surface area contributed by atoms with Crippen LogP contribution in [0.15, 0.2) is 27.1 Å². The van der Waals surface area contributed by atoms with Gasteiger partial charge in [0, 0.05) is 13.1 Å². The summed E-state index contributed by atoms with van der Waals surface area (Å²) in [6.45, 7) is -2.36. The van der Waals surface area contributed by atoms with Gasteiger partial charge in [0.05, 0.1) is 106 Å². The lowest BCUT2D eigenvalue weighted by molar-refractivity contribution is 0.00552. The Labute approximate surface area is 308 Å². The lowest BCUT2D eigenvalue weighted by Crippen LogP contribution is -2.26. The second-order valence-corrected chi connectivity index (χ2v) is 30.5. The summed E-state index contributed by atoms with van der Waals surface area (Å²) >= 11 is 39.8. The fraction of sp³-hybridized carbons (Fsp3) is 1.00. The minimum Gasteiger partial charge on any atom is -0.377 e. The van der Waals surface area contributed by atoms with Crippen molar-refractivity contribution in [3.05, 3.63) is 0 Å². The Bertz CT molecular complexity index is 1300. The van der Waals surface area contributed by atoms with Crippen molar-refractivity contribution in [3.63, 3.8) is 0 Å². The highest BCUT2D eigenvalue weighted by Gasteiger charge is 2.38. The number of halogens is 6. The van der Waals surface area contributed by atoms with E-state index < -0.39 is 40.6 Å². The van der Waals surface area contributed by atoms with Gasteiger partial charge < -0.3 is 46.5 Å². The van der Waals surface area contributed by atoms with Crippen LogP contribution in [-0.4, -0.2) is 119 Å². The molecule has 18 nitrogen and oxygen atoms in total. The van der Waals surface area contributed by atoms with Gasteiger partial charge in [-0.05, 0) is 67.4 Å². The smallest absolute Gasteiger partial charge is 0.300 e. The first-order valence-corrected chi connectivity index (χ1v) is 29.7. The summed E-state index contributed by atoms with van der Waals surface area (Å²) in [7, 11) is -6.73. The first kappa shape index (κ1) is 43.4. The molecule has 0 saturated heterocycles. The summed E-state index contributed by atoms with van der Waals surface area (Å²) in [5.74, 6) is -6.74. The van der Waals surface area contributed by atoms with Gasteiger partial charge in [0.1, 0.15) is 0 Å². The highest BCUT2D eigenvalue weighted by atomic mass is 35.9. The van der Waals surface area contributed by atoms with Crippen LogP contribution < -0.4 is 10.2 Å². The predicted molar refractivity (Wildman–Crippen MR) is 196 cm³/mol. The first-order chi connectivity index (χ1) is 22.9. The van der Waals surface area contributed by atoms with Crippen LogP contribution in [0.3, 0.4) is 0 Å². The van der Waals surface area contributed by atoms with Crippen LogP contribution in [0.2, 0.25) is 0 Å². The second-order valence-electron chi connectivity index (χ2n) is 9.31. The first-order valence-electron chi connectivity index (χ1n) is 14.4. The van der Waals surface area contributed by atoms with Gasteiger partial charge >= 0.3 is 13.6 Å². The Kier molecular flexibility index (Phi) is 19.0. The van der Waals surface area contributed by atoms with E-state index in [9.17, 15) is 0 Å². The van der Waals surface area contributed by atoms with Crippen molar-refractivity contribution in [2.24, 2.45) is 27.1 Å². The molecular weight excluding hydrogens is 887 g/mol. The van der Waals surface area contributed by atoms with Crippen molar-refractivity contribution >= 4 is 108 Å². The number of ether oxygens (including phenoxy) is 6. The topological polar surface area (TPSA) is 191 Å². The maximum absolute atomic E-state index is 6.79. The van der Waals surface area contributed by atoms with E-state index in [0.717, 1.165) is 0 Å². The van der Waals surface area contributed by atoms with E-state index in [1.165, 1.54) is 0 Å². The molecule has 0 amide bonds. The van der Waals surface area contributed by atoms with Crippen molar-refractivity contribution in [2.45, 2.75) is 0 Å². The van der Waals surface area contributed by atoms with Crippen molar-refractivity contribution in [1.29, 1.82) is 0 Å². The molecule has 282 valence electrons. The SMILES string of the molecule is ClP1(Cl)=NP2(Cl)=NP(NCCNP34=NP(Cl)(Cl)=NP(Cl)(=N3)OCCOCCOCCOCCO4)(=N1)OCCOCCOCCOCCO2. The van der Waals surface area contributed by atoms with Crippen LogP contribution >= 0.6 is 108 Å². The number of hydrogen-bond acceptors (Lipinski definition) is 18. The van der Waals surface area contributed by atoms with Gasteiger partial charge in [0.15, 0.2) is 0 Å². The largest absolute Gasteiger partial charge is 0.377 e. The minimum absolute atomic E-state index is 0.0804. The number of rotatable bonds is 5. The maximum Gasteiger partial charge on any atom is 0.300 e. The molecule has 0 fully saturated rings. The molecule has 0 spiro atoms.